The Morgan fingerprint density at radius 1 is 1.17 bits per heavy atom. The summed E-state index contributed by atoms with van der Waals surface area (Å²) >= 11 is 5.95. The van der Waals surface area contributed by atoms with Gasteiger partial charge in [-0.25, -0.2) is 9.97 Å². The minimum Gasteiger partial charge on any atom is -0.385 e. The van der Waals surface area contributed by atoms with Gasteiger partial charge < -0.3 is 15.0 Å². The Morgan fingerprint density at radius 3 is 2.58 bits per heavy atom. The SMILES string of the molecule is Cc1cc2ncnc(N3CCC(O)(c4ccc(Cl)cc4)CC3)c2[nH]1. The lowest BCUT2D eigenvalue weighted by Gasteiger charge is -2.39. The number of benzene rings is 1. The molecule has 0 bridgehead atoms. The molecule has 124 valence electrons. The quantitative estimate of drug-likeness (QED) is 0.749. The van der Waals surface area contributed by atoms with Crippen LogP contribution in [0, 0.1) is 6.92 Å². The van der Waals surface area contributed by atoms with E-state index in [-0.39, 0.29) is 0 Å². The van der Waals surface area contributed by atoms with Gasteiger partial charge in [-0.15, -0.1) is 0 Å². The second-order valence-electron chi connectivity index (χ2n) is 6.44. The van der Waals surface area contributed by atoms with Gasteiger partial charge in [-0.1, -0.05) is 23.7 Å². The molecule has 1 fully saturated rings. The maximum atomic E-state index is 11.0. The van der Waals surface area contributed by atoms with Gasteiger partial charge in [-0.2, -0.15) is 0 Å². The van der Waals surface area contributed by atoms with E-state index in [2.05, 4.69) is 19.9 Å². The van der Waals surface area contributed by atoms with Crippen molar-refractivity contribution >= 4 is 28.5 Å². The van der Waals surface area contributed by atoms with Gasteiger partial charge >= 0.3 is 0 Å². The summed E-state index contributed by atoms with van der Waals surface area (Å²) in [6, 6.07) is 9.51. The van der Waals surface area contributed by atoms with Gasteiger partial charge in [-0.05, 0) is 43.5 Å². The third kappa shape index (κ3) is 2.64. The van der Waals surface area contributed by atoms with E-state index in [4.69, 9.17) is 11.6 Å². The molecule has 24 heavy (non-hydrogen) atoms. The van der Waals surface area contributed by atoms with Crippen molar-refractivity contribution in [3.05, 3.63) is 52.9 Å². The Labute approximate surface area is 145 Å². The predicted octanol–water partition coefficient (Wildman–Crippen LogP) is 3.41. The van der Waals surface area contributed by atoms with Crippen molar-refractivity contribution in [1.82, 2.24) is 15.0 Å². The summed E-state index contributed by atoms with van der Waals surface area (Å²) < 4.78 is 0. The topological polar surface area (TPSA) is 65.0 Å². The summed E-state index contributed by atoms with van der Waals surface area (Å²) in [5.74, 6) is 0.909. The minimum absolute atomic E-state index is 0.653. The molecule has 0 spiro atoms. The molecule has 2 N–H and O–H groups in total. The largest absolute Gasteiger partial charge is 0.385 e. The van der Waals surface area contributed by atoms with E-state index in [1.165, 1.54) is 0 Å². The fourth-order valence-corrected chi connectivity index (χ4v) is 3.56. The van der Waals surface area contributed by atoms with E-state index in [0.717, 1.165) is 41.2 Å². The van der Waals surface area contributed by atoms with Crippen LogP contribution < -0.4 is 4.90 Å². The van der Waals surface area contributed by atoms with E-state index in [0.29, 0.717) is 17.9 Å². The second kappa shape index (κ2) is 5.76. The van der Waals surface area contributed by atoms with Crippen LogP contribution in [0.3, 0.4) is 0 Å². The number of hydrogen-bond acceptors (Lipinski definition) is 4. The van der Waals surface area contributed by atoms with Crippen molar-refractivity contribution in [2.75, 3.05) is 18.0 Å². The molecule has 1 aliphatic heterocycles. The summed E-state index contributed by atoms with van der Waals surface area (Å²) in [6.45, 7) is 3.49. The molecule has 0 aliphatic carbocycles. The number of aromatic amines is 1. The number of rotatable bonds is 2. The minimum atomic E-state index is -0.807. The second-order valence-corrected chi connectivity index (χ2v) is 6.87. The van der Waals surface area contributed by atoms with Crippen molar-refractivity contribution < 1.29 is 5.11 Å². The van der Waals surface area contributed by atoms with Crippen LogP contribution in [0.2, 0.25) is 5.02 Å². The lowest BCUT2D eigenvalue weighted by atomic mass is 9.84. The Kier molecular flexibility index (Phi) is 3.70. The van der Waals surface area contributed by atoms with Crippen molar-refractivity contribution in [2.45, 2.75) is 25.4 Å². The fourth-order valence-electron chi connectivity index (χ4n) is 3.43. The third-order valence-electron chi connectivity index (χ3n) is 4.80. The van der Waals surface area contributed by atoms with Crippen molar-refractivity contribution in [2.24, 2.45) is 0 Å². The number of aromatic nitrogens is 3. The highest BCUT2D eigenvalue weighted by Crippen LogP contribution is 2.35. The van der Waals surface area contributed by atoms with E-state index in [1.54, 1.807) is 6.33 Å². The molecule has 0 radical (unpaired) electrons. The van der Waals surface area contributed by atoms with Crippen LogP contribution in [0.1, 0.15) is 24.1 Å². The Bertz CT molecular complexity index is 866. The van der Waals surface area contributed by atoms with Gasteiger partial charge in [0.25, 0.3) is 0 Å². The molecule has 2 aromatic heterocycles. The highest BCUT2D eigenvalue weighted by atomic mass is 35.5. The van der Waals surface area contributed by atoms with Crippen molar-refractivity contribution in [3.8, 4) is 0 Å². The molecule has 0 unspecified atom stereocenters. The molecule has 3 aromatic rings. The maximum absolute atomic E-state index is 11.0. The lowest BCUT2D eigenvalue weighted by molar-refractivity contribution is 0.0117. The summed E-state index contributed by atoms with van der Waals surface area (Å²) in [6.07, 6.45) is 2.91. The number of anilines is 1. The Hall–Kier alpha value is -2.11. The first kappa shape index (κ1) is 15.4. The van der Waals surface area contributed by atoms with E-state index in [1.807, 2.05) is 37.3 Å². The molecule has 4 rings (SSSR count). The monoisotopic (exact) mass is 342 g/mol. The standard InChI is InChI=1S/C18H19ClN4O/c1-12-10-15-16(22-12)17(21-11-20-15)23-8-6-18(24,7-9-23)13-2-4-14(19)5-3-13/h2-5,10-11,22,24H,6-9H2,1H3. The highest BCUT2D eigenvalue weighted by molar-refractivity contribution is 6.30. The Balaban J connectivity index is 1.58. The lowest BCUT2D eigenvalue weighted by Crippen LogP contribution is -2.43. The van der Waals surface area contributed by atoms with Crippen LogP contribution in [0.25, 0.3) is 11.0 Å². The normalized spacial score (nSPS) is 17.4. The smallest absolute Gasteiger partial charge is 0.156 e. The number of nitrogens with one attached hydrogen (secondary N) is 1. The number of piperidine rings is 1. The molecule has 5 nitrogen and oxygen atoms in total. The first-order chi connectivity index (χ1) is 11.5. The average Bonchev–Trinajstić information content (AvgIpc) is 2.96. The maximum Gasteiger partial charge on any atom is 0.156 e. The molecule has 6 heteroatoms. The van der Waals surface area contributed by atoms with Gasteiger partial charge in [-0.3, -0.25) is 0 Å². The van der Waals surface area contributed by atoms with Gasteiger partial charge in [0.2, 0.25) is 0 Å². The van der Waals surface area contributed by atoms with Gasteiger partial charge in [0, 0.05) is 23.8 Å². The fraction of sp³-hybridized carbons (Fsp3) is 0.333. The first-order valence-electron chi connectivity index (χ1n) is 8.09. The predicted molar refractivity (Wildman–Crippen MR) is 95.4 cm³/mol. The molecule has 1 saturated heterocycles. The zero-order valence-corrected chi connectivity index (χ0v) is 14.2. The van der Waals surface area contributed by atoms with E-state index in [9.17, 15) is 5.11 Å². The molecule has 1 aliphatic rings. The van der Waals surface area contributed by atoms with Crippen LogP contribution in [0.5, 0.6) is 0 Å². The summed E-state index contributed by atoms with van der Waals surface area (Å²) in [7, 11) is 0. The van der Waals surface area contributed by atoms with Gasteiger partial charge in [0.05, 0.1) is 11.1 Å². The molecular weight excluding hydrogens is 324 g/mol. The first-order valence-corrected chi connectivity index (χ1v) is 8.47. The molecule has 3 heterocycles. The van der Waals surface area contributed by atoms with Crippen LogP contribution in [0.4, 0.5) is 5.82 Å². The number of hydrogen-bond donors (Lipinski definition) is 2. The van der Waals surface area contributed by atoms with Gasteiger partial charge in [0.1, 0.15) is 11.8 Å². The molecule has 0 atom stereocenters. The van der Waals surface area contributed by atoms with E-state index < -0.39 is 5.60 Å². The van der Waals surface area contributed by atoms with E-state index >= 15 is 0 Å². The van der Waals surface area contributed by atoms with Crippen LogP contribution >= 0.6 is 11.6 Å². The van der Waals surface area contributed by atoms with Crippen LogP contribution in [-0.4, -0.2) is 33.1 Å². The molecule has 0 saturated carbocycles. The van der Waals surface area contributed by atoms with Crippen LogP contribution in [-0.2, 0) is 5.60 Å². The highest BCUT2D eigenvalue weighted by Gasteiger charge is 2.34. The van der Waals surface area contributed by atoms with Gasteiger partial charge in [0.15, 0.2) is 5.82 Å². The van der Waals surface area contributed by atoms with Crippen LogP contribution in [0.15, 0.2) is 36.7 Å². The zero-order chi connectivity index (χ0) is 16.7. The van der Waals surface area contributed by atoms with Crippen molar-refractivity contribution in [3.63, 3.8) is 0 Å². The number of nitrogens with zero attached hydrogens (tertiary/aromatic N) is 3. The Morgan fingerprint density at radius 2 is 1.88 bits per heavy atom. The number of halogens is 1. The summed E-state index contributed by atoms with van der Waals surface area (Å²) in [5.41, 5.74) is 3.08. The number of aryl methyl sites for hydroxylation is 1. The number of fused-ring (bicyclic) bond motifs is 1. The summed E-state index contributed by atoms with van der Waals surface area (Å²) in [4.78, 5) is 14.3. The summed E-state index contributed by atoms with van der Waals surface area (Å²) in [5, 5.41) is 11.7. The third-order valence-corrected chi connectivity index (χ3v) is 5.06. The number of aliphatic hydroxyl groups is 1. The van der Waals surface area contributed by atoms with Crippen molar-refractivity contribution in [1.29, 1.82) is 0 Å². The average molecular weight is 343 g/mol. The zero-order valence-electron chi connectivity index (χ0n) is 13.5. The number of H-pyrrole nitrogens is 1. The molecule has 1 aromatic carbocycles. The molecular formula is C18H19ClN4O. The molecule has 0 amide bonds.